The molecule has 1 saturated heterocycles. The number of ether oxygens (including phenoxy) is 1. The molecule has 1 aliphatic carbocycles. The zero-order valence-corrected chi connectivity index (χ0v) is 12.0. The van der Waals surface area contributed by atoms with Crippen molar-refractivity contribution in [3.63, 3.8) is 0 Å². The van der Waals surface area contributed by atoms with Gasteiger partial charge in [0.15, 0.2) is 0 Å². The molecule has 6 heteroatoms. The van der Waals surface area contributed by atoms with Crippen molar-refractivity contribution < 1.29 is 14.6 Å². The average molecular weight is 281 g/mol. The SMILES string of the molecule is CC1COC(CO)CN1CC(=O)NC1(C#N)CCCC1. The van der Waals surface area contributed by atoms with Crippen LogP contribution in [0.5, 0.6) is 0 Å². The number of nitrogens with zero attached hydrogens (tertiary/aromatic N) is 2. The van der Waals surface area contributed by atoms with Gasteiger partial charge in [-0.15, -0.1) is 0 Å². The first-order chi connectivity index (χ1) is 9.58. The van der Waals surface area contributed by atoms with Crippen molar-refractivity contribution in [2.45, 2.75) is 50.3 Å². The van der Waals surface area contributed by atoms with Gasteiger partial charge < -0.3 is 15.2 Å². The second-order valence-electron chi connectivity index (χ2n) is 5.87. The Bertz CT molecular complexity index is 388. The molecule has 2 atom stereocenters. The highest BCUT2D eigenvalue weighted by Crippen LogP contribution is 2.28. The smallest absolute Gasteiger partial charge is 0.235 e. The van der Waals surface area contributed by atoms with Crippen molar-refractivity contribution in [2.75, 3.05) is 26.3 Å². The molecule has 0 aromatic rings. The molecule has 1 aliphatic heterocycles. The van der Waals surface area contributed by atoms with E-state index >= 15 is 0 Å². The first-order valence-corrected chi connectivity index (χ1v) is 7.27. The van der Waals surface area contributed by atoms with Gasteiger partial charge in [-0.2, -0.15) is 5.26 Å². The predicted molar refractivity (Wildman–Crippen MR) is 72.8 cm³/mol. The number of rotatable bonds is 4. The molecular weight excluding hydrogens is 258 g/mol. The number of morpholine rings is 1. The molecule has 0 aromatic carbocycles. The summed E-state index contributed by atoms with van der Waals surface area (Å²) in [7, 11) is 0. The molecule has 2 N–H and O–H groups in total. The monoisotopic (exact) mass is 281 g/mol. The third kappa shape index (κ3) is 3.48. The van der Waals surface area contributed by atoms with E-state index in [1.807, 2.05) is 11.8 Å². The maximum absolute atomic E-state index is 12.2. The lowest BCUT2D eigenvalue weighted by molar-refractivity contribution is -0.128. The molecule has 1 heterocycles. The molecule has 0 spiro atoms. The lowest BCUT2D eigenvalue weighted by Gasteiger charge is -2.37. The Morgan fingerprint density at radius 1 is 1.55 bits per heavy atom. The normalized spacial score (nSPS) is 29.9. The molecule has 1 amide bonds. The standard InChI is InChI=1S/C14H23N3O3/c1-11-9-20-12(8-18)6-17(11)7-13(19)16-14(10-15)4-2-3-5-14/h11-12,18H,2-9H2,1H3,(H,16,19). The van der Waals surface area contributed by atoms with Crippen LogP contribution in [0.3, 0.4) is 0 Å². The average Bonchev–Trinajstić information content (AvgIpc) is 2.90. The van der Waals surface area contributed by atoms with Crippen LogP contribution in [0.2, 0.25) is 0 Å². The van der Waals surface area contributed by atoms with Gasteiger partial charge in [0.1, 0.15) is 5.54 Å². The molecule has 1 saturated carbocycles. The van der Waals surface area contributed by atoms with E-state index in [0.29, 0.717) is 13.2 Å². The number of hydrogen-bond acceptors (Lipinski definition) is 5. The molecule has 2 fully saturated rings. The van der Waals surface area contributed by atoms with E-state index in [4.69, 9.17) is 9.84 Å². The second-order valence-corrected chi connectivity index (χ2v) is 5.87. The fourth-order valence-corrected chi connectivity index (χ4v) is 2.94. The summed E-state index contributed by atoms with van der Waals surface area (Å²) >= 11 is 0. The van der Waals surface area contributed by atoms with E-state index in [9.17, 15) is 10.1 Å². The minimum atomic E-state index is -0.664. The Balaban J connectivity index is 1.88. The first-order valence-electron chi connectivity index (χ1n) is 7.27. The van der Waals surface area contributed by atoms with Crippen molar-refractivity contribution in [2.24, 2.45) is 0 Å². The van der Waals surface area contributed by atoms with Crippen LogP contribution in [0, 0.1) is 11.3 Å². The Kier molecular flexibility index (Phi) is 4.97. The maximum Gasteiger partial charge on any atom is 0.235 e. The molecule has 0 bridgehead atoms. The van der Waals surface area contributed by atoms with E-state index in [0.717, 1.165) is 25.7 Å². The zero-order chi connectivity index (χ0) is 14.6. The Labute approximate surface area is 119 Å². The molecule has 0 radical (unpaired) electrons. The highest BCUT2D eigenvalue weighted by Gasteiger charge is 2.36. The van der Waals surface area contributed by atoms with Crippen LogP contribution >= 0.6 is 0 Å². The van der Waals surface area contributed by atoms with Crippen LogP contribution in [-0.2, 0) is 9.53 Å². The summed E-state index contributed by atoms with van der Waals surface area (Å²) in [5.41, 5.74) is -0.664. The number of nitriles is 1. The van der Waals surface area contributed by atoms with Crippen molar-refractivity contribution in [1.29, 1.82) is 5.26 Å². The topological polar surface area (TPSA) is 85.6 Å². The van der Waals surface area contributed by atoms with Crippen LogP contribution < -0.4 is 5.32 Å². The Hall–Kier alpha value is -1.16. The molecule has 112 valence electrons. The van der Waals surface area contributed by atoms with E-state index in [-0.39, 0.29) is 31.2 Å². The highest BCUT2D eigenvalue weighted by molar-refractivity contribution is 5.79. The van der Waals surface area contributed by atoms with Crippen LogP contribution in [0.4, 0.5) is 0 Å². The van der Waals surface area contributed by atoms with Gasteiger partial charge in [0, 0.05) is 12.6 Å². The minimum absolute atomic E-state index is 0.0347. The van der Waals surface area contributed by atoms with Gasteiger partial charge >= 0.3 is 0 Å². The molecule has 2 aliphatic rings. The van der Waals surface area contributed by atoms with Crippen molar-refractivity contribution >= 4 is 5.91 Å². The fraction of sp³-hybridized carbons (Fsp3) is 0.857. The second kappa shape index (κ2) is 6.53. The van der Waals surface area contributed by atoms with Crippen molar-refractivity contribution in [1.82, 2.24) is 10.2 Å². The van der Waals surface area contributed by atoms with E-state index in [1.165, 1.54) is 0 Å². The van der Waals surface area contributed by atoms with Crippen molar-refractivity contribution in [3.8, 4) is 6.07 Å². The van der Waals surface area contributed by atoms with Gasteiger partial charge in [0.2, 0.25) is 5.91 Å². The maximum atomic E-state index is 12.2. The summed E-state index contributed by atoms with van der Waals surface area (Å²) in [6, 6.07) is 2.41. The number of aliphatic hydroxyl groups is 1. The van der Waals surface area contributed by atoms with Crippen molar-refractivity contribution in [3.05, 3.63) is 0 Å². The van der Waals surface area contributed by atoms with Crippen LogP contribution in [0.15, 0.2) is 0 Å². The molecule has 20 heavy (non-hydrogen) atoms. The van der Waals surface area contributed by atoms with E-state index in [2.05, 4.69) is 11.4 Å². The summed E-state index contributed by atoms with van der Waals surface area (Å²) in [4.78, 5) is 14.2. The third-order valence-corrected chi connectivity index (χ3v) is 4.23. The number of aliphatic hydroxyl groups excluding tert-OH is 1. The Morgan fingerprint density at radius 2 is 2.25 bits per heavy atom. The number of amides is 1. The van der Waals surface area contributed by atoms with Crippen LogP contribution in [0.25, 0.3) is 0 Å². The minimum Gasteiger partial charge on any atom is -0.394 e. The van der Waals surface area contributed by atoms with E-state index < -0.39 is 5.54 Å². The highest BCUT2D eigenvalue weighted by atomic mass is 16.5. The summed E-state index contributed by atoms with van der Waals surface area (Å²) in [5.74, 6) is -0.112. The first kappa shape index (κ1) is 15.2. The summed E-state index contributed by atoms with van der Waals surface area (Å²) in [6.45, 7) is 3.28. The van der Waals surface area contributed by atoms with Crippen LogP contribution in [0.1, 0.15) is 32.6 Å². The molecular formula is C14H23N3O3. The number of carbonyl (C=O) groups excluding carboxylic acids is 1. The van der Waals surface area contributed by atoms with Gasteiger partial charge in [-0.25, -0.2) is 0 Å². The lowest BCUT2D eigenvalue weighted by Crippen LogP contribution is -2.55. The molecule has 2 rings (SSSR count). The van der Waals surface area contributed by atoms with Gasteiger partial charge in [0.05, 0.1) is 31.9 Å². The van der Waals surface area contributed by atoms with E-state index in [1.54, 1.807) is 0 Å². The summed E-state index contributed by atoms with van der Waals surface area (Å²) in [6.07, 6.45) is 3.25. The molecule has 2 unspecified atom stereocenters. The third-order valence-electron chi connectivity index (χ3n) is 4.23. The summed E-state index contributed by atoms with van der Waals surface area (Å²) in [5, 5.41) is 21.3. The fourth-order valence-electron chi connectivity index (χ4n) is 2.94. The predicted octanol–water partition coefficient (Wildman–Crippen LogP) is 0.0206. The zero-order valence-electron chi connectivity index (χ0n) is 12.0. The van der Waals surface area contributed by atoms with Gasteiger partial charge in [-0.1, -0.05) is 0 Å². The summed E-state index contributed by atoms with van der Waals surface area (Å²) < 4.78 is 5.45. The van der Waals surface area contributed by atoms with Gasteiger partial charge in [-0.05, 0) is 32.6 Å². The quantitative estimate of drug-likeness (QED) is 0.759. The molecule has 0 aromatic heterocycles. The largest absolute Gasteiger partial charge is 0.394 e. The number of nitrogens with one attached hydrogen (secondary N) is 1. The Morgan fingerprint density at radius 3 is 2.85 bits per heavy atom. The van der Waals surface area contributed by atoms with Gasteiger partial charge in [0.25, 0.3) is 0 Å². The van der Waals surface area contributed by atoms with Crippen LogP contribution in [-0.4, -0.2) is 59.9 Å². The molecule has 6 nitrogen and oxygen atoms in total. The number of hydrogen-bond donors (Lipinski definition) is 2. The lowest BCUT2D eigenvalue weighted by atomic mass is 10.00. The van der Waals surface area contributed by atoms with Gasteiger partial charge in [-0.3, -0.25) is 9.69 Å². The number of carbonyl (C=O) groups is 1.